The van der Waals surface area contributed by atoms with Gasteiger partial charge in [-0.15, -0.1) is 0 Å². The normalized spacial score (nSPS) is 20.5. The van der Waals surface area contributed by atoms with Crippen LogP contribution in [0, 0.1) is 5.92 Å². The average molecular weight is 354 g/mol. The second-order valence-electron chi connectivity index (χ2n) is 6.70. The fourth-order valence-electron chi connectivity index (χ4n) is 3.66. The lowest BCUT2D eigenvalue weighted by molar-refractivity contribution is -0.124. The van der Waals surface area contributed by atoms with E-state index in [0.717, 1.165) is 29.3 Å². The highest BCUT2D eigenvalue weighted by Crippen LogP contribution is 2.34. The highest BCUT2D eigenvalue weighted by molar-refractivity contribution is 5.80. The number of aromatic amines is 1. The quantitative estimate of drug-likeness (QED) is 0.722. The van der Waals surface area contributed by atoms with Gasteiger partial charge in [0.1, 0.15) is 11.5 Å². The second kappa shape index (κ2) is 6.80. The molecule has 136 valence electrons. The molecular weight excluding hydrogens is 332 g/mol. The summed E-state index contributed by atoms with van der Waals surface area (Å²) in [7, 11) is 3.58. The standard InChI is InChI=1S/C18H22N6O2/c1-19-18(25)15-11-24(10-14(15)12-7-21-23(2)8-12)9-13-3-4-17(26-13)16-5-6-20-22-16/h3-8,14-15H,9-11H2,1-2H3,(H,19,25)(H,20,22)/t14-,15+/m1/s1. The van der Waals surface area contributed by atoms with Crippen LogP contribution in [0.4, 0.5) is 0 Å². The van der Waals surface area contributed by atoms with Crippen LogP contribution in [0.5, 0.6) is 0 Å². The number of amides is 1. The number of aromatic nitrogens is 4. The Bertz CT molecular complexity index is 881. The molecule has 4 heterocycles. The van der Waals surface area contributed by atoms with Gasteiger partial charge in [0.2, 0.25) is 5.91 Å². The van der Waals surface area contributed by atoms with Gasteiger partial charge in [-0.1, -0.05) is 0 Å². The molecule has 0 spiro atoms. The van der Waals surface area contributed by atoms with Gasteiger partial charge in [0.25, 0.3) is 0 Å². The molecular formula is C18H22N6O2. The molecule has 1 saturated heterocycles. The number of H-pyrrole nitrogens is 1. The van der Waals surface area contributed by atoms with Crippen LogP contribution in [0.2, 0.25) is 0 Å². The average Bonchev–Trinajstić information content (AvgIpc) is 3.41. The number of carbonyl (C=O) groups is 1. The Balaban J connectivity index is 1.50. The predicted molar refractivity (Wildman–Crippen MR) is 95.1 cm³/mol. The molecule has 26 heavy (non-hydrogen) atoms. The first-order valence-corrected chi connectivity index (χ1v) is 8.65. The van der Waals surface area contributed by atoms with Crippen LogP contribution in [0.3, 0.4) is 0 Å². The number of nitrogens with one attached hydrogen (secondary N) is 2. The van der Waals surface area contributed by atoms with E-state index in [9.17, 15) is 4.79 Å². The molecule has 1 fully saturated rings. The maximum Gasteiger partial charge on any atom is 0.224 e. The molecule has 1 aliphatic heterocycles. The van der Waals surface area contributed by atoms with Crippen molar-refractivity contribution in [3.8, 4) is 11.5 Å². The first-order chi connectivity index (χ1) is 12.6. The zero-order valence-corrected chi connectivity index (χ0v) is 14.8. The van der Waals surface area contributed by atoms with Crippen molar-refractivity contribution in [3.05, 3.63) is 48.1 Å². The Morgan fingerprint density at radius 3 is 2.96 bits per heavy atom. The van der Waals surface area contributed by atoms with E-state index in [-0.39, 0.29) is 17.7 Å². The third-order valence-electron chi connectivity index (χ3n) is 4.94. The Morgan fingerprint density at radius 1 is 1.38 bits per heavy atom. The van der Waals surface area contributed by atoms with E-state index in [1.807, 2.05) is 37.6 Å². The second-order valence-corrected chi connectivity index (χ2v) is 6.70. The zero-order chi connectivity index (χ0) is 18.1. The largest absolute Gasteiger partial charge is 0.458 e. The monoisotopic (exact) mass is 354 g/mol. The van der Waals surface area contributed by atoms with Gasteiger partial charge in [0.05, 0.1) is 18.7 Å². The summed E-state index contributed by atoms with van der Waals surface area (Å²) in [4.78, 5) is 14.6. The molecule has 2 N–H and O–H groups in total. The molecule has 8 heteroatoms. The summed E-state index contributed by atoms with van der Waals surface area (Å²) in [6, 6.07) is 5.79. The molecule has 2 atom stereocenters. The van der Waals surface area contributed by atoms with Gasteiger partial charge >= 0.3 is 0 Å². The summed E-state index contributed by atoms with van der Waals surface area (Å²) in [6.45, 7) is 2.15. The lowest BCUT2D eigenvalue weighted by Crippen LogP contribution is -2.32. The fourth-order valence-corrected chi connectivity index (χ4v) is 3.66. The summed E-state index contributed by atoms with van der Waals surface area (Å²) in [5.41, 5.74) is 1.95. The SMILES string of the molecule is CNC(=O)[C@H]1CN(Cc2ccc(-c3ccn[nH]3)o2)C[C@@H]1c1cnn(C)c1. The summed E-state index contributed by atoms with van der Waals surface area (Å²) in [5, 5.41) is 13.9. The zero-order valence-electron chi connectivity index (χ0n) is 14.8. The lowest BCUT2D eigenvalue weighted by Gasteiger charge is -2.15. The summed E-state index contributed by atoms with van der Waals surface area (Å²) < 4.78 is 7.71. The van der Waals surface area contributed by atoms with Crippen molar-refractivity contribution in [2.75, 3.05) is 20.1 Å². The summed E-state index contributed by atoms with van der Waals surface area (Å²) in [6.07, 6.45) is 5.55. The number of carbonyl (C=O) groups excluding carboxylic acids is 1. The minimum Gasteiger partial charge on any atom is -0.458 e. The van der Waals surface area contributed by atoms with Gasteiger partial charge in [-0.25, -0.2) is 0 Å². The molecule has 0 bridgehead atoms. The topological polar surface area (TPSA) is 92.0 Å². The van der Waals surface area contributed by atoms with Crippen LogP contribution in [0.15, 0.2) is 41.2 Å². The minimum absolute atomic E-state index is 0.0685. The number of hydrogen-bond donors (Lipinski definition) is 2. The van der Waals surface area contributed by atoms with E-state index in [4.69, 9.17) is 4.42 Å². The third kappa shape index (κ3) is 3.15. The minimum atomic E-state index is -0.0914. The molecule has 1 aliphatic rings. The maximum absolute atomic E-state index is 12.4. The van der Waals surface area contributed by atoms with Crippen LogP contribution in [-0.2, 0) is 18.4 Å². The Hall–Kier alpha value is -2.87. The van der Waals surface area contributed by atoms with Gasteiger partial charge < -0.3 is 9.73 Å². The van der Waals surface area contributed by atoms with Gasteiger partial charge in [-0.3, -0.25) is 19.5 Å². The molecule has 1 amide bonds. The number of rotatable bonds is 5. The fraction of sp³-hybridized carbons (Fsp3) is 0.389. The van der Waals surface area contributed by atoms with Crippen LogP contribution in [0.1, 0.15) is 17.2 Å². The van der Waals surface area contributed by atoms with E-state index in [2.05, 4.69) is 25.5 Å². The van der Waals surface area contributed by atoms with Crippen LogP contribution < -0.4 is 5.32 Å². The first-order valence-electron chi connectivity index (χ1n) is 8.65. The predicted octanol–water partition coefficient (Wildman–Crippen LogP) is 1.36. The smallest absolute Gasteiger partial charge is 0.224 e. The van der Waals surface area contributed by atoms with Crippen molar-refractivity contribution >= 4 is 5.91 Å². The number of likely N-dealkylation sites (tertiary alicyclic amines) is 1. The van der Waals surface area contributed by atoms with E-state index in [1.54, 1.807) is 17.9 Å². The molecule has 3 aromatic rings. The van der Waals surface area contributed by atoms with Crippen LogP contribution >= 0.6 is 0 Å². The van der Waals surface area contributed by atoms with Gasteiger partial charge in [-0.2, -0.15) is 10.2 Å². The van der Waals surface area contributed by atoms with E-state index in [1.165, 1.54) is 0 Å². The number of hydrogen-bond acceptors (Lipinski definition) is 5. The highest BCUT2D eigenvalue weighted by Gasteiger charge is 2.38. The van der Waals surface area contributed by atoms with Crippen molar-refractivity contribution in [1.29, 1.82) is 0 Å². The Kier molecular flexibility index (Phi) is 4.34. The first kappa shape index (κ1) is 16.6. The molecule has 8 nitrogen and oxygen atoms in total. The summed E-state index contributed by atoms with van der Waals surface area (Å²) in [5.74, 6) is 1.75. The van der Waals surface area contributed by atoms with Crippen LogP contribution in [-0.4, -0.2) is 50.9 Å². The molecule has 0 unspecified atom stereocenters. The van der Waals surface area contributed by atoms with Crippen molar-refractivity contribution in [2.24, 2.45) is 13.0 Å². The van der Waals surface area contributed by atoms with Crippen LogP contribution in [0.25, 0.3) is 11.5 Å². The maximum atomic E-state index is 12.4. The third-order valence-corrected chi connectivity index (χ3v) is 4.94. The van der Waals surface area contributed by atoms with Crippen molar-refractivity contribution in [2.45, 2.75) is 12.5 Å². The molecule has 0 aromatic carbocycles. The van der Waals surface area contributed by atoms with Gasteiger partial charge in [0, 0.05) is 45.5 Å². The molecule has 0 aliphatic carbocycles. The Labute approximate surface area is 151 Å². The summed E-state index contributed by atoms with van der Waals surface area (Å²) >= 11 is 0. The van der Waals surface area contributed by atoms with Crippen molar-refractivity contribution in [1.82, 2.24) is 30.2 Å². The highest BCUT2D eigenvalue weighted by atomic mass is 16.3. The van der Waals surface area contributed by atoms with Crippen molar-refractivity contribution < 1.29 is 9.21 Å². The Morgan fingerprint density at radius 2 is 2.27 bits per heavy atom. The molecule has 0 saturated carbocycles. The molecule has 0 radical (unpaired) electrons. The number of nitrogens with zero attached hydrogens (tertiary/aromatic N) is 4. The van der Waals surface area contributed by atoms with Crippen molar-refractivity contribution in [3.63, 3.8) is 0 Å². The van der Waals surface area contributed by atoms with Gasteiger partial charge in [-0.05, 0) is 23.8 Å². The molecule has 3 aromatic heterocycles. The number of furan rings is 1. The van der Waals surface area contributed by atoms with E-state index >= 15 is 0 Å². The molecule has 4 rings (SSSR count). The van der Waals surface area contributed by atoms with Gasteiger partial charge in [0.15, 0.2) is 5.76 Å². The van der Waals surface area contributed by atoms with E-state index < -0.39 is 0 Å². The number of aryl methyl sites for hydroxylation is 1. The van der Waals surface area contributed by atoms with E-state index in [0.29, 0.717) is 13.1 Å². The lowest BCUT2D eigenvalue weighted by atomic mass is 9.90.